The van der Waals surface area contributed by atoms with Gasteiger partial charge in [-0.3, -0.25) is 9.59 Å². The Morgan fingerprint density at radius 1 is 1.67 bits per heavy atom. The number of nitrogens with zero attached hydrogens (tertiary/aromatic N) is 1. The Morgan fingerprint density at radius 2 is 2.47 bits per heavy atom. The van der Waals surface area contributed by atoms with Crippen LogP contribution in [0.4, 0.5) is 0 Å². The van der Waals surface area contributed by atoms with Crippen LogP contribution in [0.3, 0.4) is 0 Å². The highest BCUT2D eigenvalue weighted by Crippen LogP contribution is 2.19. The molecule has 1 unspecified atom stereocenters. The maximum Gasteiger partial charge on any atom is 0.223 e. The van der Waals surface area contributed by atoms with Gasteiger partial charge in [-0.2, -0.15) is 0 Å². The number of primary amides is 1. The highest BCUT2D eigenvalue weighted by molar-refractivity contribution is 5.88. The fourth-order valence-corrected chi connectivity index (χ4v) is 1.79. The number of H-pyrrole nitrogens is 1. The third kappa shape index (κ3) is 2.01. The van der Waals surface area contributed by atoms with E-state index >= 15 is 0 Å². The van der Waals surface area contributed by atoms with E-state index in [4.69, 9.17) is 5.73 Å². The molecule has 0 bridgehead atoms. The van der Waals surface area contributed by atoms with Crippen molar-refractivity contribution >= 4 is 11.8 Å². The number of amides is 2. The number of likely N-dealkylation sites (tertiary alicyclic amines) is 1. The molecule has 2 heterocycles. The van der Waals surface area contributed by atoms with Gasteiger partial charge in [0.05, 0.1) is 12.5 Å². The average Bonchev–Trinajstić information content (AvgIpc) is 2.77. The van der Waals surface area contributed by atoms with Crippen LogP contribution < -0.4 is 5.73 Å². The molecule has 0 spiro atoms. The number of nitrogens with one attached hydrogen (secondary N) is 1. The van der Waals surface area contributed by atoms with Crippen molar-refractivity contribution in [1.29, 1.82) is 0 Å². The second kappa shape index (κ2) is 3.76. The fraction of sp³-hybridized carbons (Fsp3) is 0.400. The van der Waals surface area contributed by atoms with Crippen LogP contribution in [0.5, 0.6) is 0 Å². The monoisotopic (exact) mass is 207 g/mol. The summed E-state index contributed by atoms with van der Waals surface area (Å²) in [6.45, 7) is 0.961. The molecule has 1 aromatic heterocycles. The lowest BCUT2D eigenvalue weighted by Gasteiger charge is -2.14. The molecule has 1 fully saturated rings. The summed E-state index contributed by atoms with van der Waals surface area (Å²) >= 11 is 0. The van der Waals surface area contributed by atoms with Crippen LogP contribution in [-0.2, 0) is 16.1 Å². The highest BCUT2D eigenvalue weighted by Gasteiger charge is 2.32. The topological polar surface area (TPSA) is 79.2 Å². The van der Waals surface area contributed by atoms with Crippen LogP contribution in [0.15, 0.2) is 18.3 Å². The van der Waals surface area contributed by atoms with Crippen molar-refractivity contribution in [3.63, 3.8) is 0 Å². The zero-order valence-electron chi connectivity index (χ0n) is 8.27. The first-order valence-electron chi connectivity index (χ1n) is 4.86. The van der Waals surface area contributed by atoms with E-state index < -0.39 is 5.91 Å². The van der Waals surface area contributed by atoms with E-state index in [0.717, 1.165) is 5.69 Å². The van der Waals surface area contributed by atoms with E-state index in [2.05, 4.69) is 4.98 Å². The standard InChI is InChI=1S/C10H13N3O2/c11-10(15)7-4-9(14)13(5-7)6-8-2-1-3-12-8/h1-3,7,12H,4-6H2,(H2,11,15). The number of aromatic nitrogens is 1. The van der Waals surface area contributed by atoms with Crippen molar-refractivity contribution in [1.82, 2.24) is 9.88 Å². The molecule has 2 rings (SSSR count). The molecule has 80 valence electrons. The number of aromatic amines is 1. The number of hydrogen-bond donors (Lipinski definition) is 2. The van der Waals surface area contributed by atoms with Crippen molar-refractivity contribution < 1.29 is 9.59 Å². The second-order valence-electron chi connectivity index (χ2n) is 3.77. The minimum atomic E-state index is -0.391. The molecule has 0 aliphatic carbocycles. The summed E-state index contributed by atoms with van der Waals surface area (Å²) in [6, 6.07) is 3.78. The van der Waals surface area contributed by atoms with Gasteiger partial charge in [-0.05, 0) is 12.1 Å². The molecule has 15 heavy (non-hydrogen) atoms. The van der Waals surface area contributed by atoms with Gasteiger partial charge in [-0.25, -0.2) is 0 Å². The third-order valence-electron chi connectivity index (χ3n) is 2.64. The Labute approximate surface area is 87.2 Å². The summed E-state index contributed by atoms with van der Waals surface area (Å²) in [4.78, 5) is 27.1. The van der Waals surface area contributed by atoms with Crippen molar-refractivity contribution in [2.75, 3.05) is 6.54 Å². The summed E-state index contributed by atoms with van der Waals surface area (Å²) in [5.41, 5.74) is 6.14. The molecule has 0 radical (unpaired) electrons. The summed E-state index contributed by atoms with van der Waals surface area (Å²) in [6.07, 6.45) is 2.05. The molecule has 5 nitrogen and oxygen atoms in total. The molecule has 1 aliphatic rings. The summed E-state index contributed by atoms with van der Waals surface area (Å²) in [5.74, 6) is -0.724. The van der Waals surface area contributed by atoms with Crippen LogP contribution in [0.2, 0.25) is 0 Å². The first-order chi connectivity index (χ1) is 7.16. The number of carbonyl (C=O) groups is 2. The molecule has 1 atom stereocenters. The van der Waals surface area contributed by atoms with Gasteiger partial charge in [-0.1, -0.05) is 0 Å². The predicted molar refractivity (Wildman–Crippen MR) is 53.5 cm³/mol. The lowest BCUT2D eigenvalue weighted by molar-refractivity contribution is -0.128. The van der Waals surface area contributed by atoms with E-state index in [1.54, 1.807) is 11.1 Å². The van der Waals surface area contributed by atoms with E-state index in [0.29, 0.717) is 13.1 Å². The zero-order chi connectivity index (χ0) is 10.8. The molecule has 2 amide bonds. The minimum Gasteiger partial charge on any atom is -0.369 e. The molecular formula is C10H13N3O2. The molecule has 0 saturated carbocycles. The first-order valence-corrected chi connectivity index (χ1v) is 4.86. The normalized spacial score (nSPS) is 20.9. The smallest absolute Gasteiger partial charge is 0.223 e. The molecule has 1 aliphatic heterocycles. The maximum absolute atomic E-state index is 11.5. The van der Waals surface area contributed by atoms with Gasteiger partial charge in [0, 0.05) is 24.9 Å². The van der Waals surface area contributed by atoms with Gasteiger partial charge < -0.3 is 15.6 Å². The van der Waals surface area contributed by atoms with Gasteiger partial charge >= 0.3 is 0 Å². The zero-order valence-corrected chi connectivity index (χ0v) is 8.27. The van der Waals surface area contributed by atoms with Crippen LogP contribution in [0, 0.1) is 5.92 Å². The summed E-state index contributed by atoms with van der Waals surface area (Å²) in [5, 5.41) is 0. The highest BCUT2D eigenvalue weighted by atomic mass is 16.2. The van der Waals surface area contributed by atoms with Crippen molar-refractivity contribution in [2.24, 2.45) is 11.7 Å². The molecule has 0 aromatic carbocycles. The van der Waals surface area contributed by atoms with Crippen molar-refractivity contribution in [2.45, 2.75) is 13.0 Å². The Hall–Kier alpha value is -1.78. The molecule has 5 heteroatoms. The van der Waals surface area contributed by atoms with Crippen molar-refractivity contribution in [3.05, 3.63) is 24.0 Å². The Bertz CT molecular complexity index is 372. The SMILES string of the molecule is NC(=O)C1CC(=O)N(Cc2ccc[nH]2)C1. The van der Waals surface area contributed by atoms with E-state index in [1.807, 2.05) is 12.1 Å². The van der Waals surface area contributed by atoms with Crippen LogP contribution >= 0.6 is 0 Å². The number of rotatable bonds is 3. The molecule has 1 saturated heterocycles. The quantitative estimate of drug-likeness (QED) is 0.722. The Balaban J connectivity index is 2.00. The minimum absolute atomic E-state index is 0.00611. The van der Waals surface area contributed by atoms with E-state index in [9.17, 15) is 9.59 Å². The largest absolute Gasteiger partial charge is 0.369 e. The van der Waals surface area contributed by atoms with Crippen molar-refractivity contribution in [3.8, 4) is 0 Å². The molecular weight excluding hydrogens is 194 g/mol. The predicted octanol–water partition coefficient (Wildman–Crippen LogP) is -0.152. The van der Waals surface area contributed by atoms with E-state index in [-0.39, 0.29) is 18.2 Å². The summed E-state index contributed by atoms with van der Waals surface area (Å²) < 4.78 is 0. The first kappa shape index (κ1) is 9.76. The second-order valence-corrected chi connectivity index (χ2v) is 3.77. The lowest BCUT2D eigenvalue weighted by atomic mass is 10.1. The van der Waals surface area contributed by atoms with Crippen LogP contribution in [0.25, 0.3) is 0 Å². The van der Waals surface area contributed by atoms with Crippen LogP contribution in [0.1, 0.15) is 12.1 Å². The average molecular weight is 207 g/mol. The number of hydrogen-bond acceptors (Lipinski definition) is 2. The van der Waals surface area contributed by atoms with E-state index in [1.165, 1.54) is 0 Å². The van der Waals surface area contributed by atoms with Crippen LogP contribution in [-0.4, -0.2) is 28.2 Å². The van der Waals surface area contributed by atoms with Gasteiger partial charge in [0.15, 0.2) is 0 Å². The third-order valence-corrected chi connectivity index (χ3v) is 2.64. The Morgan fingerprint density at radius 3 is 3.00 bits per heavy atom. The maximum atomic E-state index is 11.5. The number of nitrogens with two attached hydrogens (primary N) is 1. The summed E-state index contributed by atoms with van der Waals surface area (Å²) in [7, 11) is 0. The number of carbonyl (C=O) groups excluding carboxylic acids is 2. The van der Waals surface area contributed by atoms with Gasteiger partial charge in [-0.15, -0.1) is 0 Å². The van der Waals surface area contributed by atoms with Gasteiger partial charge in [0.2, 0.25) is 11.8 Å². The fourth-order valence-electron chi connectivity index (χ4n) is 1.79. The molecule has 1 aromatic rings. The van der Waals surface area contributed by atoms with Gasteiger partial charge in [0.1, 0.15) is 0 Å². The Kier molecular flexibility index (Phi) is 2.45. The lowest BCUT2D eigenvalue weighted by Crippen LogP contribution is -2.28. The molecule has 3 N–H and O–H groups in total. The van der Waals surface area contributed by atoms with Gasteiger partial charge in [0.25, 0.3) is 0 Å².